The van der Waals surface area contributed by atoms with Crippen LogP contribution in [0.25, 0.3) is 10.8 Å². The molecular formula is C30H32BrN7O2. The molecule has 40 heavy (non-hydrogen) atoms. The zero-order valence-electron chi connectivity index (χ0n) is 22.5. The van der Waals surface area contributed by atoms with E-state index in [0.717, 1.165) is 67.5 Å². The molecule has 0 radical (unpaired) electrons. The summed E-state index contributed by atoms with van der Waals surface area (Å²) >= 11 is 3.66. The highest BCUT2D eigenvalue weighted by atomic mass is 79.9. The molecule has 0 spiro atoms. The summed E-state index contributed by atoms with van der Waals surface area (Å²) in [6.07, 6.45) is 6.35. The van der Waals surface area contributed by atoms with Gasteiger partial charge < -0.3 is 19.3 Å². The second-order valence-corrected chi connectivity index (χ2v) is 10.8. The van der Waals surface area contributed by atoms with Gasteiger partial charge in [-0.15, -0.1) is 0 Å². The Morgan fingerprint density at radius 2 is 1.57 bits per heavy atom. The fourth-order valence-corrected chi connectivity index (χ4v) is 5.78. The highest BCUT2D eigenvalue weighted by Crippen LogP contribution is 2.37. The molecule has 6 rings (SSSR count). The number of benzene rings is 3. The van der Waals surface area contributed by atoms with Crippen LogP contribution in [-0.4, -0.2) is 54.5 Å². The Balaban J connectivity index is 1.18. The predicted octanol–water partition coefficient (Wildman–Crippen LogP) is 6.02. The van der Waals surface area contributed by atoms with E-state index in [0.29, 0.717) is 36.0 Å². The first-order valence-electron chi connectivity index (χ1n) is 13.7. The summed E-state index contributed by atoms with van der Waals surface area (Å²) in [7, 11) is 1.64. The van der Waals surface area contributed by atoms with Crippen LogP contribution in [0.1, 0.15) is 36.8 Å². The number of hydrogen-bond acceptors (Lipinski definition) is 9. The summed E-state index contributed by atoms with van der Waals surface area (Å²) < 4.78 is 12.7. The lowest BCUT2D eigenvalue weighted by Gasteiger charge is -2.20. The van der Waals surface area contributed by atoms with E-state index >= 15 is 0 Å². The zero-order chi connectivity index (χ0) is 27.3. The molecule has 1 aromatic heterocycles. The first-order valence-corrected chi connectivity index (χ1v) is 14.5. The van der Waals surface area contributed by atoms with Gasteiger partial charge in [-0.2, -0.15) is 20.1 Å². The molecule has 0 bridgehead atoms. The second kappa shape index (κ2) is 12.1. The Hall–Kier alpha value is -3.92. The lowest BCUT2D eigenvalue weighted by molar-refractivity contribution is 0.283. The minimum atomic E-state index is 0.420. The smallest absolute Gasteiger partial charge is 0.250 e. The number of rotatable bonds is 9. The molecule has 0 saturated carbocycles. The van der Waals surface area contributed by atoms with E-state index in [1.54, 1.807) is 13.3 Å². The van der Waals surface area contributed by atoms with Gasteiger partial charge in [0.25, 0.3) is 0 Å². The van der Waals surface area contributed by atoms with Crippen molar-refractivity contribution < 1.29 is 9.47 Å². The number of fused-ring (bicyclic) bond motifs is 1. The fraction of sp³-hybridized carbons (Fsp3) is 0.333. The molecule has 2 saturated heterocycles. The second-order valence-electron chi connectivity index (χ2n) is 9.98. The van der Waals surface area contributed by atoms with Crippen molar-refractivity contribution in [1.82, 2.24) is 15.0 Å². The Labute approximate surface area is 242 Å². The molecule has 3 heterocycles. The van der Waals surface area contributed by atoms with Crippen molar-refractivity contribution in [2.75, 3.05) is 48.5 Å². The van der Waals surface area contributed by atoms with Crippen molar-refractivity contribution >= 4 is 50.8 Å². The lowest BCUT2D eigenvalue weighted by Crippen LogP contribution is -2.25. The molecule has 2 aliphatic heterocycles. The number of methoxy groups -OCH3 is 1. The van der Waals surface area contributed by atoms with Gasteiger partial charge in [0.05, 0.1) is 17.8 Å². The number of ether oxygens (including phenoxy) is 2. The van der Waals surface area contributed by atoms with Gasteiger partial charge in [-0.05, 0) is 75.6 Å². The van der Waals surface area contributed by atoms with Crippen LogP contribution in [0.2, 0.25) is 0 Å². The van der Waals surface area contributed by atoms with Crippen molar-refractivity contribution in [3.63, 3.8) is 0 Å². The predicted molar refractivity (Wildman–Crippen MR) is 163 cm³/mol. The molecule has 4 aromatic rings. The largest absolute Gasteiger partial charge is 0.493 e. The quantitative estimate of drug-likeness (QED) is 0.184. The zero-order valence-corrected chi connectivity index (χ0v) is 24.1. The van der Waals surface area contributed by atoms with E-state index in [2.05, 4.69) is 76.6 Å². The summed E-state index contributed by atoms with van der Waals surface area (Å²) in [6, 6.07) is 18.4. The van der Waals surface area contributed by atoms with E-state index < -0.39 is 0 Å². The van der Waals surface area contributed by atoms with E-state index in [1.165, 1.54) is 10.8 Å². The normalized spacial score (nSPS) is 15.3. The van der Waals surface area contributed by atoms with Crippen molar-refractivity contribution in [1.29, 1.82) is 0 Å². The minimum absolute atomic E-state index is 0.420. The maximum atomic E-state index is 6.24. The van der Waals surface area contributed by atoms with E-state index in [9.17, 15) is 0 Å². The van der Waals surface area contributed by atoms with E-state index in [1.807, 2.05) is 24.3 Å². The Bertz CT molecular complexity index is 1480. The van der Waals surface area contributed by atoms with Gasteiger partial charge in [-0.3, -0.25) is 0 Å². The fourth-order valence-electron chi connectivity index (χ4n) is 5.21. The summed E-state index contributed by atoms with van der Waals surface area (Å²) in [5.41, 5.74) is 4.97. The first kappa shape index (κ1) is 26.3. The van der Waals surface area contributed by atoms with Gasteiger partial charge in [-0.1, -0.05) is 42.5 Å². The average Bonchev–Trinajstić information content (AvgIpc) is 3.72. The van der Waals surface area contributed by atoms with Gasteiger partial charge in [-0.25, -0.2) is 5.43 Å². The molecule has 9 nitrogen and oxygen atoms in total. The maximum Gasteiger partial charge on any atom is 0.250 e. The molecule has 3 aromatic carbocycles. The summed E-state index contributed by atoms with van der Waals surface area (Å²) in [4.78, 5) is 18.5. The molecule has 0 amide bonds. The maximum absolute atomic E-state index is 6.24. The topological polar surface area (TPSA) is 88.0 Å². The number of halogens is 1. The van der Waals surface area contributed by atoms with Crippen LogP contribution >= 0.6 is 15.9 Å². The first-order chi connectivity index (χ1) is 19.7. The highest BCUT2D eigenvalue weighted by Gasteiger charge is 2.21. The van der Waals surface area contributed by atoms with Crippen LogP contribution in [-0.2, 0) is 6.61 Å². The van der Waals surface area contributed by atoms with E-state index in [4.69, 9.17) is 14.5 Å². The molecule has 2 fully saturated rings. The summed E-state index contributed by atoms with van der Waals surface area (Å²) in [5, 5.41) is 6.80. The summed E-state index contributed by atoms with van der Waals surface area (Å²) in [5.74, 6) is 3.12. The monoisotopic (exact) mass is 601 g/mol. The third-order valence-electron chi connectivity index (χ3n) is 7.27. The molecule has 0 unspecified atom stereocenters. The standard InChI is InChI=1S/C30H32BrN7O2/c1-39-26-18-21(17-25(31)27(26)40-20-23-11-8-10-22-9-2-3-12-24(22)23)19-32-36-28-33-29(37-13-4-5-14-37)35-30(34-28)38-15-6-7-16-38/h2-3,8-12,17-19H,4-7,13-16,20H2,1H3,(H,33,34,35,36)/b32-19-. The molecule has 2 aliphatic rings. The number of nitrogens with zero attached hydrogens (tertiary/aromatic N) is 6. The number of nitrogens with one attached hydrogen (secondary N) is 1. The molecule has 1 N–H and O–H groups in total. The van der Waals surface area contributed by atoms with Gasteiger partial charge in [0.1, 0.15) is 6.61 Å². The van der Waals surface area contributed by atoms with Gasteiger partial charge in [0, 0.05) is 26.2 Å². The number of hydrazone groups is 1. The molecular weight excluding hydrogens is 570 g/mol. The van der Waals surface area contributed by atoms with Crippen molar-refractivity contribution in [3.05, 3.63) is 70.2 Å². The average molecular weight is 603 g/mol. The van der Waals surface area contributed by atoms with Crippen LogP contribution in [0.15, 0.2) is 64.2 Å². The minimum Gasteiger partial charge on any atom is -0.493 e. The lowest BCUT2D eigenvalue weighted by atomic mass is 10.1. The van der Waals surface area contributed by atoms with Crippen molar-refractivity contribution in [3.8, 4) is 11.5 Å². The molecule has 0 atom stereocenters. The number of anilines is 3. The Morgan fingerprint density at radius 1 is 0.900 bits per heavy atom. The summed E-state index contributed by atoms with van der Waals surface area (Å²) in [6.45, 7) is 4.29. The van der Waals surface area contributed by atoms with Gasteiger partial charge >= 0.3 is 0 Å². The van der Waals surface area contributed by atoms with Gasteiger partial charge in [0.15, 0.2) is 11.5 Å². The Kier molecular flexibility index (Phi) is 7.94. The molecule has 206 valence electrons. The Morgan fingerprint density at radius 3 is 2.27 bits per heavy atom. The number of hydrogen-bond donors (Lipinski definition) is 1. The van der Waals surface area contributed by atoms with Crippen LogP contribution in [0.5, 0.6) is 11.5 Å². The SMILES string of the molecule is COc1cc(/C=N\Nc2nc(N3CCCC3)nc(N3CCCC3)n2)cc(Br)c1OCc1cccc2ccccc12. The van der Waals surface area contributed by atoms with E-state index in [-0.39, 0.29) is 0 Å². The molecule has 0 aliphatic carbocycles. The highest BCUT2D eigenvalue weighted by molar-refractivity contribution is 9.10. The van der Waals surface area contributed by atoms with Crippen LogP contribution in [0.4, 0.5) is 17.8 Å². The third kappa shape index (κ3) is 5.82. The van der Waals surface area contributed by atoms with Crippen LogP contribution in [0, 0.1) is 0 Å². The third-order valence-corrected chi connectivity index (χ3v) is 7.86. The van der Waals surface area contributed by atoms with Crippen molar-refractivity contribution in [2.24, 2.45) is 5.10 Å². The van der Waals surface area contributed by atoms with Gasteiger partial charge in [0.2, 0.25) is 17.8 Å². The van der Waals surface area contributed by atoms with Crippen LogP contribution < -0.4 is 24.7 Å². The molecule has 10 heteroatoms. The van der Waals surface area contributed by atoms with Crippen LogP contribution in [0.3, 0.4) is 0 Å². The number of aromatic nitrogens is 3. The van der Waals surface area contributed by atoms with Crippen molar-refractivity contribution in [2.45, 2.75) is 32.3 Å².